The third-order valence-electron chi connectivity index (χ3n) is 2.67. The highest BCUT2D eigenvalue weighted by Crippen LogP contribution is 1.97. The molecule has 0 spiro atoms. The van der Waals surface area contributed by atoms with Crippen molar-refractivity contribution in [2.24, 2.45) is 16.6 Å². The highest BCUT2D eigenvalue weighted by molar-refractivity contribution is 14.0. The zero-order valence-corrected chi connectivity index (χ0v) is 14.9. The van der Waals surface area contributed by atoms with Gasteiger partial charge in [-0.25, -0.2) is 0 Å². The number of rotatable bonds is 8. The fourth-order valence-electron chi connectivity index (χ4n) is 1.25. The second-order valence-corrected chi connectivity index (χ2v) is 5.00. The van der Waals surface area contributed by atoms with Crippen LogP contribution in [0.15, 0.2) is 4.99 Å². The summed E-state index contributed by atoms with van der Waals surface area (Å²) >= 11 is 0. The van der Waals surface area contributed by atoms with E-state index in [1.54, 1.807) is 0 Å². The van der Waals surface area contributed by atoms with Crippen molar-refractivity contribution in [3.8, 4) is 0 Å². The first-order valence-electron chi connectivity index (χ1n) is 6.78. The van der Waals surface area contributed by atoms with Gasteiger partial charge in [0.2, 0.25) is 5.91 Å². The Morgan fingerprint density at radius 3 is 2.47 bits per heavy atom. The highest BCUT2D eigenvalue weighted by atomic mass is 127. The van der Waals surface area contributed by atoms with E-state index in [0.29, 0.717) is 24.8 Å². The van der Waals surface area contributed by atoms with Crippen molar-refractivity contribution in [1.29, 1.82) is 0 Å². The maximum atomic E-state index is 11.5. The summed E-state index contributed by atoms with van der Waals surface area (Å²) in [5.74, 6) is 1.10. The van der Waals surface area contributed by atoms with Gasteiger partial charge in [0.15, 0.2) is 5.96 Å². The minimum absolute atomic E-state index is 0. The molecule has 0 aliphatic carbocycles. The van der Waals surface area contributed by atoms with Gasteiger partial charge in [-0.2, -0.15) is 0 Å². The molecule has 1 atom stereocenters. The van der Waals surface area contributed by atoms with Gasteiger partial charge in [-0.1, -0.05) is 20.8 Å². The SMILES string of the molecule is CCC(C)NC(=O)CCNC(N)=NCCC(C)C.I. The average molecular weight is 384 g/mol. The number of guanidine groups is 1. The van der Waals surface area contributed by atoms with Gasteiger partial charge in [0.05, 0.1) is 0 Å². The molecular weight excluding hydrogens is 355 g/mol. The molecule has 0 saturated carbocycles. The summed E-state index contributed by atoms with van der Waals surface area (Å²) in [6.45, 7) is 9.60. The van der Waals surface area contributed by atoms with Crippen molar-refractivity contribution in [1.82, 2.24) is 10.6 Å². The van der Waals surface area contributed by atoms with E-state index in [2.05, 4.69) is 29.5 Å². The number of carbonyl (C=O) groups is 1. The quantitative estimate of drug-likeness (QED) is 0.340. The zero-order valence-electron chi connectivity index (χ0n) is 12.5. The van der Waals surface area contributed by atoms with Crippen LogP contribution in [-0.4, -0.2) is 31.0 Å². The van der Waals surface area contributed by atoms with E-state index in [-0.39, 0.29) is 35.9 Å². The van der Waals surface area contributed by atoms with Crippen LogP contribution in [-0.2, 0) is 4.79 Å². The number of nitrogens with one attached hydrogen (secondary N) is 2. The van der Waals surface area contributed by atoms with Gasteiger partial charge >= 0.3 is 0 Å². The predicted octanol–water partition coefficient (Wildman–Crippen LogP) is 1.86. The first kappa shape index (κ1) is 20.8. The summed E-state index contributed by atoms with van der Waals surface area (Å²) in [6.07, 6.45) is 2.39. The molecular formula is C13H29IN4O. The Kier molecular flexibility index (Phi) is 13.7. The molecule has 19 heavy (non-hydrogen) atoms. The van der Waals surface area contributed by atoms with Crippen LogP contribution in [0.25, 0.3) is 0 Å². The Hall–Kier alpha value is -0.530. The van der Waals surface area contributed by atoms with Crippen LogP contribution >= 0.6 is 24.0 Å². The molecule has 6 heteroatoms. The predicted molar refractivity (Wildman–Crippen MR) is 91.9 cm³/mol. The molecule has 4 N–H and O–H groups in total. The smallest absolute Gasteiger partial charge is 0.221 e. The molecule has 0 radical (unpaired) electrons. The van der Waals surface area contributed by atoms with Gasteiger partial charge in [0, 0.05) is 25.6 Å². The van der Waals surface area contributed by atoms with Crippen molar-refractivity contribution in [2.45, 2.75) is 53.0 Å². The van der Waals surface area contributed by atoms with E-state index in [1.165, 1.54) is 0 Å². The molecule has 0 saturated heterocycles. The lowest BCUT2D eigenvalue weighted by Gasteiger charge is -2.11. The molecule has 5 nitrogen and oxygen atoms in total. The third kappa shape index (κ3) is 13.7. The van der Waals surface area contributed by atoms with Crippen LogP contribution in [0.2, 0.25) is 0 Å². The van der Waals surface area contributed by atoms with E-state index in [1.807, 2.05) is 13.8 Å². The van der Waals surface area contributed by atoms with E-state index < -0.39 is 0 Å². The van der Waals surface area contributed by atoms with Crippen molar-refractivity contribution >= 4 is 35.8 Å². The van der Waals surface area contributed by atoms with Gasteiger partial charge in [-0.3, -0.25) is 9.79 Å². The standard InChI is InChI=1S/C13H28N4O.HI/c1-5-11(4)17-12(18)7-9-16-13(14)15-8-6-10(2)3;/h10-11H,5-9H2,1-4H3,(H,17,18)(H3,14,15,16);1H. The van der Waals surface area contributed by atoms with Gasteiger partial charge < -0.3 is 16.4 Å². The zero-order chi connectivity index (χ0) is 14.0. The first-order chi connectivity index (χ1) is 8.45. The summed E-state index contributed by atoms with van der Waals surface area (Å²) in [5, 5.41) is 5.85. The summed E-state index contributed by atoms with van der Waals surface area (Å²) in [6, 6.07) is 0.231. The number of nitrogens with zero attached hydrogens (tertiary/aromatic N) is 1. The number of aliphatic imine (C=N–C) groups is 1. The van der Waals surface area contributed by atoms with Crippen LogP contribution in [0, 0.1) is 5.92 Å². The van der Waals surface area contributed by atoms with Gasteiger partial charge in [-0.15, -0.1) is 24.0 Å². The van der Waals surface area contributed by atoms with Gasteiger partial charge in [0.1, 0.15) is 0 Å². The minimum atomic E-state index is 0. The summed E-state index contributed by atoms with van der Waals surface area (Å²) < 4.78 is 0. The average Bonchev–Trinajstić information content (AvgIpc) is 2.28. The van der Waals surface area contributed by atoms with Crippen molar-refractivity contribution in [3.63, 3.8) is 0 Å². The fraction of sp³-hybridized carbons (Fsp3) is 0.846. The van der Waals surface area contributed by atoms with Gasteiger partial charge in [0.25, 0.3) is 0 Å². The Morgan fingerprint density at radius 1 is 1.32 bits per heavy atom. The summed E-state index contributed by atoms with van der Waals surface area (Å²) in [7, 11) is 0. The van der Waals surface area contributed by atoms with Crippen LogP contribution in [0.5, 0.6) is 0 Å². The lowest BCUT2D eigenvalue weighted by Crippen LogP contribution is -2.37. The number of amides is 1. The molecule has 1 unspecified atom stereocenters. The lowest BCUT2D eigenvalue weighted by atomic mass is 10.1. The van der Waals surface area contributed by atoms with Crippen molar-refractivity contribution < 1.29 is 4.79 Å². The Morgan fingerprint density at radius 2 is 1.95 bits per heavy atom. The third-order valence-corrected chi connectivity index (χ3v) is 2.67. The fourth-order valence-corrected chi connectivity index (χ4v) is 1.25. The van der Waals surface area contributed by atoms with E-state index in [9.17, 15) is 4.79 Å². The molecule has 0 fully saturated rings. The summed E-state index contributed by atoms with van der Waals surface area (Å²) in [5.41, 5.74) is 5.68. The Labute approximate surface area is 134 Å². The molecule has 0 aliphatic heterocycles. The molecule has 0 aromatic carbocycles. The number of hydrogen-bond acceptors (Lipinski definition) is 2. The molecule has 114 valence electrons. The Bertz CT molecular complexity index is 269. The lowest BCUT2D eigenvalue weighted by molar-refractivity contribution is -0.121. The highest BCUT2D eigenvalue weighted by Gasteiger charge is 2.04. The van der Waals surface area contributed by atoms with E-state index in [0.717, 1.165) is 19.4 Å². The molecule has 0 bridgehead atoms. The maximum Gasteiger partial charge on any atom is 0.221 e. The molecule has 1 amide bonds. The second-order valence-electron chi connectivity index (χ2n) is 5.00. The summed E-state index contributed by atoms with van der Waals surface area (Å²) in [4.78, 5) is 15.7. The molecule has 0 aromatic heterocycles. The largest absolute Gasteiger partial charge is 0.370 e. The van der Waals surface area contributed by atoms with Crippen LogP contribution < -0.4 is 16.4 Å². The monoisotopic (exact) mass is 384 g/mol. The first-order valence-corrected chi connectivity index (χ1v) is 6.78. The number of hydrogen-bond donors (Lipinski definition) is 3. The van der Waals surface area contributed by atoms with Crippen LogP contribution in [0.3, 0.4) is 0 Å². The number of carbonyl (C=O) groups excluding carboxylic acids is 1. The minimum Gasteiger partial charge on any atom is -0.370 e. The van der Waals surface area contributed by atoms with Crippen LogP contribution in [0.1, 0.15) is 47.0 Å². The van der Waals surface area contributed by atoms with E-state index in [4.69, 9.17) is 5.73 Å². The normalized spacial score (nSPS) is 12.8. The number of halogens is 1. The van der Waals surface area contributed by atoms with E-state index >= 15 is 0 Å². The number of nitrogens with two attached hydrogens (primary N) is 1. The van der Waals surface area contributed by atoms with Gasteiger partial charge in [-0.05, 0) is 25.7 Å². The maximum absolute atomic E-state index is 11.5. The van der Waals surface area contributed by atoms with Crippen molar-refractivity contribution in [3.05, 3.63) is 0 Å². The Balaban J connectivity index is 0. The topological polar surface area (TPSA) is 79.5 Å². The van der Waals surface area contributed by atoms with Crippen LogP contribution in [0.4, 0.5) is 0 Å². The molecule has 0 rings (SSSR count). The van der Waals surface area contributed by atoms with Crippen molar-refractivity contribution in [2.75, 3.05) is 13.1 Å². The molecule has 0 heterocycles. The molecule has 0 aromatic rings. The molecule has 0 aliphatic rings. The second kappa shape index (κ2) is 12.5.